The molecule has 1 saturated heterocycles. The average molecular weight is 319 g/mol. The monoisotopic (exact) mass is 319 g/mol. The van der Waals surface area contributed by atoms with Gasteiger partial charge in [0.05, 0.1) is 19.3 Å². The number of likely N-dealkylation sites (tertiary alicyclic amines) is 1. The van der Waals surface area contributed by atoms with Gasteiger partial charge >= 0.3 is 12.1 Å². The molecule has 6 heteroatoms. The van der Waals surface area contributed by atoms with Crippen LogP contribution in [0.1, 0.15) is 30.4 Å². The topological polar surface area (TPSA) is 87.1 Å². The number of aliphatic hydroxyl groups is 1. The lowest BCUT2D eigenvalue weighted by Crippen LogP contribution is -2.45. The van der Waals surface area contributed by atoms with Gasteiger partial charge in [0.25, 0.3) is 0 Å². The lowest BCUT2D eigenvalue weighted by atomic mass is 9.87. The van der Waals surface area contributed by atoms with Crippen LogP contribution in [0.15, 0.2) is 30.3 Å². The molecule has 0 aliphatic carbocycles. The highest BCUT2D eigenvalue weighted by Crippen LogP contribution is 2.28. The van der Waals surface area contributed by atoms with Crippen molar-refractivity contribution in [1.29, 1.82) is 0 Å². The first-order valence-electron chi connectivity index (χ1n) is 7.62. The Hall–Kier alpha value is -2.34. The number of carbonyl (C=O) groups is 2. The van der Waals surface area contributed by atoms with Gasteiger partial charge in [0.1, 0.15) is 0 Å². The van der Waals surface area contributed by atoms with Crippen molar-refractivity contribution < 1.29 is 24.5 Å². The molecular weight excluding hydrogens is 298 g/mol. The molecule has 6 nitrogen and oxygen atoms in total. The SMILES string of the molecule is CCOC(=O)C=Cc1ccc(C2CCN(C(=O)O)CC2O)cc1. The number of ether oxygens (including phenoxy) is 1. The van der Waals surface area contributed by atoms with Crippen LogP contribution in [0.25, 0.3) is 6.08 Å². The first-order valence-corrected chi connectivity index (χ1v) is 7.62. The van der Waals surface area contributed by atoms with E-state index in [1.807, 2.05) is 24.3 Å². The number of carboxylic acid groups (broad SMARTS) is 1. The normalized spacial score (nSPS) is 21.4. The molecule has 2 unspecified atom stereocenters. The molecule has 0 saturated carbocycles. The summed E-state index contributed by atoms with van der Waals surface area (Å²) in [6, 6.07) is 7.52. The van der Waals surface area contributed by atoms with Gasteiger partial charge in [-0.1, -0.05) is 24.3 Å². The number of piperidine rings is 1. The quantitative estimate of drug-likeness (QED) is 0.655. The number of hydrogen-bond donors (Lipinski definition) is 2. The van der Waals surface area contributed by atoms with Crippen molar-refractivity contribution in [1.82, 2.24) is 4.90 Å². The van der Waals surface area contributed by atoms with Crippen LogP contribution in [-0.2, 0) is 9.53 Å². The third-order valence-corrected chi connectivity index (χ3v) is 3.92. The molecule has 2 N–H and O–H groups in total. The van der Waals surface area contributed by atoms with Crippen molar-refractivity contribution in [3.05, 3.63) is 41.5 Å². The van der Waals surface area contributed by atoms with E-state index in [4.69, 9.17) is 9.84 Å². The van der Waals surface area contributed by atoms with E-state index in [0.717, 1.165) is 11.1 Å². The summed E-state index contributed by atoms with van der Waals surface area (Å²) in [5.74, 6) is -0.457. The Morgan fingerprint density at radius 2 is 2.04 bits per heavy atom. The summed E-state index contributed by atoms with van der Waals surface area (Å²) in [6.45, 7) is 2.64. The molecule has 0 bridgehead atoms. The summed E-state index contributed by atoms with van der Waals surface area (Å²) in [4.78, 5) is 23.4. The van der Waals surface area contributed by atoms with E-state index in [9.17, 15) is 14.7 Å². The molecule has 1 aliphatic heterocycles. The lowest BCUT2D eigenvalue weighted by molar-refractivity contribution is -0.137. The van der Waals surface area contributed by atoms with Gasteiger partial charge in [-0.15, -0.1) is 0 Å². The van der Waals surface area contributed by atoms with Gasteiger partial charge < -0.3 is 19.8 Å². The molecule has 0 radical (unpaired) electrons. The number of hydrogen-bond acceptors (Lipinski definition) is 4. The smallest absolute Gasteiger partial charge is 0.407 e. The Balaban J connectivity index is 2.00. The van der Waals surface area contributed by atoms with Crippen molar-refractivity contribution in [3.8, 4) is 0 Å². The Morgan fingerprint density at radius 1 is 1.35 bits per heavy atom. The van der Waals surface area contributed by atoms with E-state index >= 15 is 0 Å². The van der Waals surface area contributed by atoms with E-state index < -0.39 is 12.2 Å². The van der Waals surface area contributed by atoms with E-state index in [1.54, 1.807) is 13.0 Å². The van der Waals surface area contributed by atoms with Gasteiger partial charge in [-0.2, -0.15) is 0 Å². The van der Waals surface area contributed by atoms with Crippen LogP contribution < -0.4 is 0 Å². The van der Waals surface area contributed by atoms with Gasteiger partial charge in [0.2, 0.25) is 0 Å². The van der Waals surface area contributed by atoms with Crippen molar-refractivity contribution >= 4 is 18.1 Å². The molecule has 2 rings (SSSR count). The van der Waals surface area contributed by atoms with Crippen LogP contribution in [0.2, 0.25) is 0 Å². The summed E-state index contributed by atoms with van der Waals surface area (Å²) >= 11 is 0. The molecular formula is C17H21NO5. The minimum Gasteiger partial charge on any atom is -0.465 e. The van der Waals surface area contributed by atoms with Gasteiger partial charge in [-0.3, -0.25) is 0 Å². The number of benzene rings is 1. The van der Waals surface area contributed by atoms with Gasteiger partial charge in [-0.25, -0.2) is 9.59 Å². The number of amides is 1. The molecule has 124 valence electrons. The summed E-state index contributed by atoms with van der Waals surface area (Å²) in [6.07, 6.45) is 1.93. The second-order valence-corrected chi connectivity index (χ2v) is 5.44. The maximum absolute atomic E-state index is 11.3. The molecule has 1 aliphatic rings. The minimum atomic E-state index is -0.998. The van der Waals surface area contributed by atoms with Gasteiger partial charge in [0.15, 0.2) is 0 Å². The third kappa shape index (κ3) is 4.56. The molecule has 1 fully saturated rings. The molecule has 1 amide bonds. The third-order valence-electron chi connectivity index (χ3n) is 3.92. The molecule has 2 atom stereocenters. The Labute approximate surface area is 135 Å². The zero-order chi connectivity index (χ0) is 16.8. The molecule has 23 heavy (non-hydrogen) atoms. The highest BCUT2D eigenvalue weighted by molar-refractivity contribution is 5.87. The van der Waals surface area contributed by atoms with Crippen LogP contribution in [-0.4, -0.2) is 53.0 Å². The fourth-order valence-corrected chi connectivity index (χ4v) is 2.70. The molecule has 1 aromatic rings. The number of esters is 1. The van der Waals surface area contributed by atoms with Crippen molar-refractivity contribution in [2.45, 2.75) is 25.4 Å². The van der Waals surface area contributed by atoms with Crippen LogP contribution in [0.4, 0.5) is 4.79 Å². The predicted octanol–water partition coefficient (Wildman–Crippen LogP) is 2.09. The highest BCUT2D eigenvalue weighted by Gasteiger charge is 2.30. The van der Waals surface area contributed by atoms with Gasteiger partial charge in [0, 0.05) is 18.5 Å². The predicted molar refractivity (Wildman–Crippen MR) is 85.1 cm³/mol. The average Bonchev–Trinajstić information content (AvgIpc) is 2.53. The fourth-order valence-electron chi connectivity index (χ4n) is 2.70. The second-order valence-electron chi connectivity index (χ2n) is 5.44. The maximum Gasteiger partial charge on any atom is 0.407 e. The largest absolute Gasteiger partial charge is 0.465 e. The standard InChI is InChI=1S/C17H21NO5/c1-2-23-16(20)8-5-12-3-6-13(7-4-12)14-9-10-18(17(21)22)11-15(14)19/h3-8,14-15,19H,2,9-11H2,1H3,(H,21,22). The number of aliphatic hydroxyl groups excluding tert-OH is 1. The highest BCUT2D eigenvalue weighted by atomic mass is 16.5. The van der Waals surface area contributed by atoms with Crippen molar-refractivity contribution in [3.63, 3.8) is 0 Å². The second kappa shape index (κ2) is 7.78. The van der Waals surface area contributed by atoms with E-state index in [-0.39, 0.29) is 18.4 Å². The first kappa shape index (κ1) is 17.0. The summed E-state index contributed by atoms with van der Waals surface area (Å²) in [5, 5.41) is 19.1. The number of β-amino-alcohol motifs (C(OH)–C–C–N with tert-alkyl or cyclic N) is 1. The van der Waals surface area contributed by atoms with Crippen LogP contribution in [0.3, 0.4) is 0 Å². The first-order chi connectivity index (χ1) is 11.0. The Morgan fingerprint density at radius 3 is 2.61 bits per heavy atom. The lowest BCUT2D eigenvalue weighted by Gasteiger charge is -2.34. The van der Waals surface area contributed by atoms with E-state index in [0.29, 0.717) is 19.6 Å². The van der Waals surface area contributed by atoms with Gasteiger partial charge in [-0.05, 0) is 30.5 Å². The summed E-state index contributed by atoms with van der Waals surface area (Å²) in [7, 11) is 0. The van der Waals surface area contributed by atoms with Crippen molar-refractivity contribution in [2.75, 3.05) is 19.7 Å². The fraction of sp³-hybridized carbons (Fsp3) is 0.412. The zero-order valence-corrected chi connectivity index (χ0v) is 13.0. The Kier molecular flexibility index (Phi) is 5.76. The molecule has 1 aromatic carbocycles. The van der Waals surface area contributed by atoms with Crippen LogP contribution >= 0.6 is 0 Å². The molecule has 1 heterocycles. The van der Waals surface area contributed by atoms with E-state index in [2.05, 4.69) is 0 Å². The zero-order valence-electron chi connectivity index (χ0n) is 13.0. The summed E-state index contributed by atoms with van der Waals surface area (Å²) in [5.41, 5.74) is 1.83. The molecule has 0 spiro atoms. The Bertz CT molecular complexity index is 581. The maximum atomic E-state index is 11.3. The number of carbonyl (C=O) groups excluding carboxylic acids is 1. The molecule has 0 aromatic heterocycles. The van der Waals surface area contributed by atoms with Crippen LogP contribution in [0, 0.1) is 0 Å². The summed E-state index contributed by atoms with van der Waals surface area (Å²) < 4.78 is 4.81. The number of rotatable bonds is 4. The van der Waals surface area contributed by atoms with Crippen molar-refractivity contribution in [2.24, 2.45) is 0 Å². The minimum absolute atomic E-state index is 0.0753. The van der Waals surface area contributed by atoms with E-state index in [1.165, 1.54) is 11.0 Å². The van der Waals surface area contributed by atoms with Crippen LogP contribution in [0.5, 0.6) is 0 Å². The number of nitrogens with zero attached hydrogens (tertiary/aromatic N) is 1.